The highest BCUT2D eigenvalue weighted by atomic mass is 79.9. The molecule has 1 saturated heterocycles. The zero-order chi connectivity index (χ0) is 7.83. The minimum atomic E-state index is 0.366. The van der Waals surface area contributed by atoms with E-state index in [-0.39, 0.29) is 0 Å². The van der Waals surface area contributed by atoms with Crippen LogP contribution in [-0.4, -0.2) is 18.5 Å². The van der Waals surface area contributed by atoms with Crippen LogP contribution < -0.4 is 0 Å². The minimum absolute atomic E-state index is 0.366. The lowest BCUT2D eigenvalue weighted by Gasteiger charge is -2.49. The largest absolute Gasteiger partial charge is 0.380 e. The number of hydrogen-bond donors (Lipinski definition) is 0. The normalized spacial score (nSPS) is 24.0. The van der Waals surface area contributed by atoms with Crippen molar-refractivity contribution in [3.05, 3.63) is 0 Å². The van der Waals surface area contributed by atoms with Crippen LogP contribution in [0.15, 0.2) is 0 Å². The van der Waals surface area contributed by atoms with E-state index >= 15 is 0 Å². The van der Waals surface area contributed by atoms with Crippen molar-refractivity contribution in [2.75, 3.05) is 18.5 Å². The molecule has 0 aromatic carbocycles. The lowest BCUT2D eigenvalue weighted by Crippen LogP contribution is -2.51. The Bertz CT molecular complexity index is 118. The van der Waals surface area contributed by atoms with Crippen LogP contribution in [0.25, 0.3) is 0 Å². The average molecular weight is 207 g/mol. The molecule has 1 aliphatic heterocycles. The summed E-state index contributed by atoms with van der Waals surface area (Å²) < 4.78 is 5.21. The van der Waals surface area contributed by atoms with Gasteiger partial charge in [0.2, 0.25) is 0 Å². The third-order valence-electron chi connectivity index (χ3n) is 2.81. The van der Waals surface area contributed by atoms with Gasteiger partial charge in [-0.1, -0.05) is 36.7 Å². The molecule has 0 aromatic rings. The molecule has 0 spiro atoms. The second kappa shape index (κ2) is 2.49. The van der Waals surface area contributed by atoms with Gasteiger partial charge in [-0.3, -0.25) is 0 Å². The van der Waals surface area contributed by atoms with Crippen LogP contribution in [-0.2, 0) is 4.74 Å². The van der Waals surface area contributed by atoms with E-state index in [9.17, 15) is 0 Å². The molecule has 0 bridgehead atoms. The van der Waals surface area contributed by atoms with Crippen molar-refractivity contribution < 1.29 is 4.74 Å². The molecule has 0 atom stereocenters. The van der Waals surface area contributed by atoms with Crippen LogP contribution in [0.3, 0.4) is 0 Å². The monoisotopic (exact) mass is 206 g/mol. The predicted octanol–water partition coefficient (Wildman–Crippen LogP) is 2.44. The molecule has 2 heteroatoms. The second-order valence-electron chi connectivity index (χ2n) is 4.07. The van der Waals surface area contributed by atoms with E-state index in [4.69, 9.17) is 4.74 Å². The second-order valence-corrected chi connectivity index (χ2v) is 4.63. The fourth-order valence-corrected chi connectivity index (χ4v) is 1.64. The molecule has 10 heavy (non-hydrogen) atoms. The maximum absolute atomic E-state index is 5.21. The van der Waals surface area contributed by atoms with E-state index in [0.717, 1.165) is 18.5 Å². The third-order valence-corrected chi connectivity index (χ3v) is 4.21. The highest BCUT2D eigenvalue weighted by Crippen LogP contribution is 2.45. The summed E-state index contributed by atoms with van der Waals surface area (Å²) in [6.07, 6.45) is 0. The Labute approximate surface area is 71.3 Å². The summed E-state index contributed by atoms with van der Waals surface area (Å²) in [5.41, 5.74) is 0.766. The van der Waals surface area contributed by atoms with Gasteiger partial charge in [0, 0.05) is 10.7 Å². The minimum Gasteiger partial charge on any atom is -0.380 e. The van der Waals surface area contributed by atoms with Crippen molar-refractivity contribution in [1.82, 2.24) is 0 Å². The Morgan fingerprint density at radius 2 is 2.00 bits per heavy atom. The quantitative estimate of drug-likeness (QED) is 0.632. The van der Waals surface area contributed by atoms with Crippen molar-refractivity contribution >= 4 is 15.9 Å². The lowest BCUT2D eigenvalue weighted by molar-refractivity contribution is -0.156. The highest BCUT2D eigenvalue weighted by Gasteiger charge is 2.46. The van der Waals surface area contributed by atoms with Crippen molar-refractivity contribution in [3.8, 4) is 0 Å². The van der Waals surface area contributed by atoms with Gasteiger partial charge >= 0.3 is 0 Å². The molecule has 60 valence electrons. The number of halogens is 1. The zero-order valence-corrected chi connectivity index (χ0v) is 8.49. The van der Waals surface area contributed by atoms with Crippen molar-refractivity contribution in [2.45, 2.75) is 20.8 Å². The first-order valence-electron chi connectivity index (χ1n) is 3.66. The first-order valence-corrected chi connectivity index (χ1v) is 4.78. The molecule has 0 unspecified atom stereocenters. The molecule has 1 aliphatic rings. The van der Waals surface area contributed by atoms with E-state index in [1.54, 1.807) is 0 Å². The standard InChI is InChI=1S/C8H15BrO/c1-7(2,4-9)8(3)5-10-6-8/h4-6H2,1-3H3. The summed E-state index contributed by atoms with van der Waals surface area (Å²) in [5, 5.41) is 1.06. The SMILES string of the molecule is CC(C)(CBr)C1(C)COC1. The maximum Gasteiger partial charge on any atom is 0.0547 e. The fourth-order valence-electron chi connectivity index (χ4n) is 0.960. The third kappa shape index (κ3) is 1.12. The van der Waals surface area contributed by atoms with Gasteiger partial charge in [-0.15, -0.1) is 0 Å². The van der Waals surface area contributed by atoms with Crippen LogP contribution in [0, 0.1) is 10.8 Å². The van der Waals surface area contributed by atoms with Gasteiger partial charge in [0.15, 0.2) is 0 Å². The maximum atomic E-state index is 5.21. The molecule has 0 aliphatic carbocycles. The first kappa shape index (κ1) is 8.54. The van der Waals surface area contributed by atoms with Gasteiger partial charge in [0.05, 0.1) is 13.2 Å². The fraction of sp³-hybridized carbons (Fsp3) is 1.00. The Kier molecular flexibility index (Phi) is 2.12. The van der Waals surface area contributed by atoms with Crippen molar-refractivity contribution in [2.24, 2.45) is 10.8 Å². The number of ether oxygens (including phenoxy) is 1. The van der Waals surface area contributed by atoms with E-state index in [1.807, 2.05) is 0 Å². The van der Waals surface area contributed by atoms with Crippen molar-refractivity contribution in [1.29, 1.82) is 0 Å². The van der Waals surface area contributed by atoms with Gasteiger partial charge < -0.3 is 4.74 Å². The van der Waals surface area contributed by atoms with Gasteiger partial charge in [0.1, 0.15) is 0 Å². The molecule has 1 fully saturated rings. The molecule has 1 heterocycles. The summed E-state index contributed by atoms with van der Waals surface area (Å²) in [6.45, 7) is 8.70. The van der Waals surface area contributed by atoms with Crippen LogP contribution in [0.4, 0.5) is 0 Å². The molecule has 0 amide bonds. The summed E-state index contributed by atoms with van der Waals surface area (Å²) in [5.74, 6) is 0. The predicted molar refractivity (Wildman–Crippen MR) is 46.5 cm³/mol. The van der Waals surface area contributed by atoms with E-state index in [2.05, 4.69) is 36.7 Å². The summed E-state index contributed by atoms with van der Waals surface area (Å²) in [4.78, 5) is 0. The zero-order valence-electron chi connectivity index (χ0n) is 6.91. The summed E-state index contributed by atoms with van der Waals surface area (Å²) in [6, 6.07) is 0. The molecule has 0 saturated carbocycles. The number of rotatable bonds is 2. The molecule has 0 N–H and O–H groups in total. The first-order chi connectivity index (χ1) is 4.52. The van der Waals surface area contributed by atoms with Gasteiger partial charge in [-0.05, 0) is 5.41 Å². The summed E-state index contributed by atoms with van der Waals surface area (Å²) in [7, 11) is 0. The molecule has 0 radical (unpaired) electrons. The van der Waals surface area contributed by atoms with E-state index in [0.29, 0.717) is 10.8 Å². The number of hydrogen-bond acceptors (Lipinski definition) is 1. The number of alkyl halides is 1. The molecule has 1 nitrogen and oxygen atoms in total. The van der Waals surface area contributed by atoms with Gasteiger partial charge in [-0.2, -0.15) is 0 Å². The van der Waals surface area contributed by atoms with E-state index < -0.39 is 0 Å². The van der Waals surface area contributed by atoms with Crippen LogP contribution >= 0.6 is 15.9 Å². The van der Waals surface area contributed by atoms with Gasteiger partial charge in [0.25, 0.3) is 0 Å². The van der Waals surface area contributed by atoms with Crippen LogP contribution in [0.5, 0.6) is 0 Å². The van der Waals surface area contributed by atoms with Crippen LogP contribution in [0.2, 0.25) is 0 Å². The Balaban J connectivity index is 2.61. The average Bonchev–Trinajstić information content (AvgIpc) is 1.82. The molecule has 1 rings (SSSR count). The highest BCUT2D eigenvalue weighted by molar-refractivity contribution is 9.09. The molecular weight excluding hydrogens is 192 g/mol. The Hall–Kier alpha value is 0.440. The lowest BCUT2D eigenvalue weighted by atomic mass is 9.66. The topological polar surface area (TPSA) is 9.23 Å². The van der Waals surface area contributed by atoms with Crippen molar-refractivity contribution in [3.63, 3.8) is 0 Å². The smallest absolute Gasteiger partial charge is 0.0547 e. The van der Waals surface area contributed by atoms with E-state index in [1.165, 1.54) is 0 Å². The Morgan fingerprint density at radius 1 is 1.50 bits per heavy atom. The Morgan fingerprint density at radius 3 is 2.10 bits per heavy atom. The van der Waals surface area contributed by atoms with Gasteiger partial charge in [-0.25, -0.2) is 0 Å². The summed E-state index contributed by atoms with van der Waals surface area (Å²) >= 11 is 3.53. The molecule has 0 aromatic heterocycles. The molecular formula is C8H15BrO. The van der Waals surface area contributed by atoms with Crippen LogP contribution in [0.1, 0.15) is 20.8 Å².